The monoisotopic (exact) mass is 207 g/mol. The normalized spacial score (nSPS) is 14.5. The lowest BCUT2D eigenvalue weighted by Gasteiger charge is -2.15. The summed E-state index contributed by atoms with van der Waals surface area (Å²) in [6.07, 6.45) is 8.94. The van der Waals surface area contributed by atoms with Gasteiger partial charge < -0.3 is 10.4 Å². The van der Waals surface area contributed by atoms with Crippen molar-refractivity contribution in [2.45, 2.75) is 32.0 Å². The topological polar surface area (TPSA) is 50.1 Å². The summed E-state index contributed by atoms with van der Waals surface area (Å²) in [5, 5.41) is 16.8. The van der Waals surface area contributed by atoms with Crippen LogP contribution in [0, 0.1) is 12.3 Å². The van der Waals surface area contributed by atoms with Crippen LogP contribution in [0.5, 0.6) is 0 Å². The molecule has 0 aliphatic carbocycles. The number of hydrogen-bond donors (Lipinski definition) is 2. The number of nitrogens with one attached hydrogen (secondary N) is 1. The van der Waals surface area contributed by atoms with Crippen LogP contribution >= 0.6 is 0 Å². The van der Waals surface area contributed by atoms with E-state index in [1.54, 1.807) is 10.9 Å². The van der Waals surface area contributed by atoms with E-state index in [2.05, 4.69) is 16.3 Å². The highest BCUT2D eigenvalue weighted by Gasteiger charge is 2.06. The summed E-state index contributed by atoms with van der Waals surface area (Å²) in [6.45, 7) is 3.03. The molecule has 1 rings (SSSR count). The molecule has 1 heterocycles. The van der Waals surface area contributed by atoms with Crippen LogP contribution in [0.15, 0.2) is 18.5 Å². The molecule has 2 N–H and O–H groups in total. The summed E-state index contributed by atoms with van der Waals surface area (Å²) in [7, 11) is 0. The SMILES string of the molecule is C#CCC(C)NCC(O)Cn1cccn1. The molecule has 2 unspecified atom stereocenters. The second-order valence-electron chi connectivity index (χ2n) is 3.60. The largest absolute Gasteiger partial charge is 0.390 e. The van der Waals surface area contributed by atoms with E-state index in [1.807, 2.05) is 19.2 Å². The first-order valence-electron chi connectivity index (χ1n) is 5.04. The molecule has 0 bridgehead atoms. The highest BCUT2D eigenvalue weighted by molar-refractivity contribution is 4.88. The molecule has 0 aromatic carbocycles. The van der Waals surface area contributed by atoms with Crippen molar-refractivity contribution < 1.29 is 5.11 Å². The van der Waals surface area contributed by atoms with Gasteiger partial charge in [0.1, 0.15) is 0 Å². The van der Waals surface area contributed by atoms with Gasteiger partial charge in [0, 0.05) is 31.4 Å². The van der Waals surface area contributed by atoms with Crippen molar-refractivity contribution in [3.05, 3.63) is 18.5 Å². The van der Waals surface area contributed by atoms with Crippen molar-refractivity contribution in [1.29, 1.82) is 0 Å². The van der Waals surface area contributed by atoms with Gasteiger partial charge in [0.25, 0.3) is 0 Å². The maximum absolute atomic E-state index is 9.66. The first-order chi connectivity index (χ1) is 7.22. The van der Waals surface area contributed by atoms with Crippen LogP contribution in [0.2, 0.25) is 0 Å². The third kappa shape index (κ3) is 4.63. The predicted molar refractivity (Wildman–Crippen MR) is 59.1 cm³/mol. The van der Waals surface area contributed by atoms with Gasteiger partial charge in [-0.1, -0.05) is 0 Å². The average molecular weight is 207 g/mol. The van der Waals surface area contributed by atoms with Gasteiger partial charge in [-0.25, -0.2) is 0 Å². The summed E-state index contributed by atoms with van der Waals surface area (Å²) < 4.78 is 1.71. The maximum atomic E-state index is 9.66. The molecule has 1 aromatic rings. The van der Waals surface area contributed by atoms with Crippen LogP contribution < -0.4 is 5.32 Å². The van der Waals surface area contributed by atoms with Gasteiger partial charge in [-0.05, 0) is 13.0 Å². The van der Waals surface area contributed by atoms with Crippen molar-refractivity contribution >= 4 is 0 Å². The molecule has 0 amide bonds. The second kappa shape index (κ2) is 6.23. The summed E-state index contributed by atoms with van der Waals surface area (Å²) >= 11 is 0. The fourth-order valence-corrected chi connectivity index (χ4v) is 1.28. The first kappa shape index (κ1) is 11.8. The van der Waals surface area contributed by atoms with Crippen molar-refractivity contribution in [3.63, 3.8) is 0 Å². The molecule has 0 aliphatic heterocycles. The molecule has 0 radical (unpaired) electrons. The molecule has 4 heteroatoms. The van der Waals surface area contributed by atoms with E-state index >= 15 is 0 Å². The standard InChI is InChI=1S/C11H17N3O/c1-3-5-10(2)12-8-11(15)9-14-7-4-6-13-14/h1,4,6-7,10-12,15H,5,8-9H2,2H3. The molecule has 0 saturated carbocycles. The van der Waals surface area contributed by atoms with Gasteiger partial charge in [0.2, 0.25) is 0 Å². The van der Waals surface area contributed by atoms with Crippen LogP contribution in [0.3, 0.4) is 0 Å². The third-order valence-corrected chi connectivity index (χ3v) is 2.08. The van der Waals surface area contributed by atoms with Gasteiger partial charge in [-0.15, -0.1) is 12.3 Å². The molecule has 0 aliphatic rings. The number of nitrogens with zero attached hydrogens (tertiary/aromatic N) is 2. The van der Waals surface area contributed by atoms with Crippen LogP contribution in [0.25, 0.3) is 0 Å². The van der Waals surface area contributed by atoms with E-state index < -0.39 is 6.10 Å². The molecule has 15 heavy (non-hydrogen) atoms. The van der Waals surface area contributed by atoms with E-state index in [4.69, 9.17) is 6.42 Å². The van der Waals surface area contributed by atoms with Crippen molar-refractivity contribution in [2.75, 3.05) is 6.54 Å². The fourth-order valence-electron chi connectivity index (χ4n) is 1.28. The van der Waals surface area contributed by atoms with Crippen LogP contribution in [0.4, 0.5) is 0 Å². The van der Waals surface area contributed by atoms with Crippen molar-refractivity contribution in [3.8, 4) is 12.3 Å². The Labute approximate surface area is 90.3 Å². The van der Waals surface area contributed by atoms with Crippen LogP contribution in [-0.2, 0) is 6.54 Å². The highest BCUT2D eigenvalue weighted by Crippen LogP contribution is 1.92. The molecular formula is C11H17N3O. The minimum absolute atomic E-state index is 0.238. The molecule has 0 spiro atoms. The highest BCUT2D eigenvalue weighted by atomic mass is 16.3. The molecule has 1 aromatic heterocycles. The first-order valence-corrected chi connectivity index (χ1v) is 5.04. The number of hydrogen-bond acceptors (Lipinski definition) is 3. The summed E-state index contributed by atoms with van der Waals surface area (Å²) in [5.41, 5.74) is 0. The smallest absolute Gasteiger partial charge is 0.0860 e. The zero-order valence-corrected chi connectivity index (χ0v) is 8.93. The van der Waals surface area contributed by atoms with E-state index in [1.165, 1.54) is 0 Å². The summed E-state index contributed by atoms with van der Waals surface area (Å²) in [6, 6.07) is 2.07. The van der Waals surface area contributed by atoms with E-state index in [0.717, 1.165) is 0 Å². The Morgan fingerprint density at radius 1 is 1.67 bits per heavy atom. The Kier molecular flexibility index (Phi) is 4.88. The van der Waals surface area contributed by atoms with Gasteiger partial charge >= 0.3 is 0 Å². The summed E-state index contributed by atoms with van der Waals surface area (Å²) in [5.74, 6) is 2.58. The lowest BCUT2D eigenvalue weighted by atomic mass is 10.2. The molecular weight excluding hydrogens is 190 g/mol. The Morgan fingerprint density at radius 3 is 3.07 bits per heavy atom. The number of aromatic nitrogens is 2. The van der Waals surface area contributed by atoms with Crippen molar-refractivity contribution in [2.24, 2.45) is 0 Å². The van der Waals surface area contributed by atoms with Gasteiger partial charge in [0.05, 0.1) is 12.6 Å². The lowest BCUT2D eigenvalue weighted by Crippen LogP contribution is -2.35. The quantitative estimate of drug-likeness (QED) is 0.657. The Hall–Kier alpha value is -1.31. The van der Waals surface area contributed by atoms with Gasteiger partial charge in [-0.3, -0.25) is 4.68 Å². The van der Waals surface area contributed by atoms with E-state index in [9.17, 15) is 5.11 Å². The maximum Gasteiger partial charge on any atom is 0.0860 e. The predicted octanol–water partition coefficient (Wildman–Crippen LogP) is 0.245. The number of terminal acetylenes is 1. The molecule has 4 nitrogen and oxygen atoms in total. The van der Waals surface area contributed by atoms with E-state index in [0.29, 0.717) is 19.5 Å². The zero-order chi connectivity index (χ0) is 11.1. The van der Waals surface area contributed by atoms with Gasteiger partial charge in [-0.2, -0.15) is 5.10 Å². The fraction of sp³-hybridized carbons (Fsp3) is 0.545. The lowest BCUT2D eigenvalue weighted by molar-refractivity contribution is 0.144. The average Bonchev–Trinajstić information content (AvgIpc) is 2.68. The molecule has 0 fully saturated rings. The van der Waals surface area contributed by atoms with E-state index in [-0.39, 0.29) is 6.04 Å². The van der Waals surface area contributed by atoms with Crippen molar-refractivity contribution in [1.82, 2.24) is 15.1 Å². The van der Waals surface area contributed by atoms with Gasteiger partial charge in [0.15, 0.2) is 0 Å². The molecule has 2 atom stereocenters. The number of aliphatic hydroxyl groups excluding tert-OH is 1. The molecule has 0 saturated heterocycles. The minimum Gasteiger partial charge on any atom is -0.390 e. The Balaban J connectivity index is 2.19. The Bertz CT molecular complexity index is 302. The van der Waals surface area contributed by atoms with Crippen LogP contribution in [-0.4, -0.2) is 33.6 Å². The summed E-state index contributed by atoms with van der Waals surface area (Å²) in [4.78, 5) is 0. The van der Waals surface area contributed by atoms with Crippen LogP contribution in [0.1, 0.15) is 13.3 Å². The minimum atomic E-state index is -0.440. The zero-order valence-electron chi connectivity index (χ0n) is 8.93. The second-order valence-corrected chi connectivity index (χ2v) is 3.60. The number of rotatable bonds is 6. The third-order valence-electron chi connectivity index (χ3n) is 2.08. The number of aliphatic hydroxyl groups is 1. The Morgan fingerprint density at radius 2 is 2.47 bits per heavy atom. The molecule has 82 valence electrons.